The maximum absolute atomic E-state index is 12.1. The summed E-state index contributed by atoms with van der Waals surface area (Å²) in [5.41, 5.74) is 0.974. The number of para-hydroxylation sites is 1. The molecular formula is C18H15N3O4. The highest BCUT2D eigenvalue weighted by Gasteiger charge is 2.10. The molecule has 1 amide bonds. The molecule has 0 radical (unpaired) electrons. The highest BCUT2D eigenvalue weighted by Crippen LogP contribution is 2.16. The Kier molecular flexibility index (Phi) is 4.56. The van der Waals surface area contributed by atoms with Crippen LogP contribution in [0.3, 0.4) is 0 Å². The second kappa shape index (κ2) is 6.96. The van der Waals surface area contributed by atoms with E-state index in [2.05, 4.69) is 10.4 Å². The molecule has 0 saturated heterocycles. The lowest BCUT2D eigenvalue weighted by atomic mass is 10.2. The number of anilines is 1. The van der Waals surface area contributed by atoms with Gasteiger partial charge >= 0.3 is 5.97 Å². The van der Waals surface area contributed by atoms with E-state index in [0.29, 0.717) is 22.3 Å². The van der Waals surface area contributed by atoms with Crippen LogP contribution in [0.1, 0.15) is 6.92 Å². The molecule has 0 fully saturated rings. The van der Waals surface area contributed by atoms with E-state index in [1.165, 1.54) is 17.8 Å². The third-order valence-electron chi connectivity index (χ3n) is 3.45. The van der Waals surface area contributed by atoms with Crippen LogP contribution in [0.4, 0.5) is 5.69 Å². The smallest absolute Gasteiger partial charge is 0.333 e. The predicted molar refractivity (Wildman–Crippen MR) is 92.4 cm³/mol. The zero-order chi connectivity index (χ0) is 17.8. The molecule has 0 aliphatic heterocycles. The highest BCUT2D eigenvalue weighted by atomic mass is 16.5. The number of nitrogens with zero attached hydrogens (tertiary/aromatic N) is 2. The summed E-state index contributed by atoms with van der Waals surface area (Å²) in [6.07, 6.45) is 1.18. The molecule has 2 aromatic carbocycles. The second-order valence-electron chi connectivity index (χ2n) is 5.36. The number of rotatable bonds is 4. The molecule has 0 aliphatic rings. The van der Waals surface area contributed by atoms with Gasteiger partial charge in [-0.05, 0) is 36.4 Å². The van der Waals surface area contributed by atoms with E-state index in [-0.39, 0.29) is 17.9 Å². The average Bonchev–Trinajstić information content (AvgIpc) is 2.59. The molecule has 0 saturated carbocycles. The highest BCUT2D eigenvalue weighted by molar-refractivity contribution is 5.88. The minimum atomic E-state index is -0.520. The van der Waals surface area contributed by atoms with Crippen molar-refractivity contribution >= 4 is 28.5 Å². The Bertz CT molecular complexity index is 993. The molecule has 7 nitrogen and oxygen atoms in total. The lowest BCUT2D eigenvalue weighted by Gasteiger charge is -2.09. The van der Waals surface area contributed by atoms with Gasteiger partial charge in [0.15, 0.2) is 0 Å². The van der Waals surface area contributed by atoms with Crippen LogP contribution in [0.15, 0.2) is 59.5 Å². The van der Waals surface area contributed by atoms with E-state index in [1.54, 1.807) is 48.5 Å². The predicted octanol–water partition coefficient (Wildman–Crippen LogP) is 1.96. The average molecular weight is 337 g/mol. The molecule has 1 heterocycles. The number of ether oxygens (including phenoxy) is 1. The van der Waals surface area contributed by atoms with Gasteiger partial charge in [0.25, 0.3) is 0 Å². The minimum absolute atomic E-state index is 0.131. The van der Waals surface area contributed by atoms with Crippen LogP contribution in [-0.2, 0) is 16.1 Å². The number of nitrogens with one attached hydrogen (secondary N) is 1. The van der Waals surface area contributed by atoms with Crippen LogP contribution >= 0.6 is 0 Å². The number of aromatic nitrogens is 2. The SMILES string of the molecule is CC(=O)Nc1ccc(OC(=O)Cn2ncc(=O)c3ccccc32)cc1. The van der Waals surface area contributed by atoms with Gasteiger partial charge in [0.2, 0.25) is 11.3 Å². The molecule has 1 N–H and O–H groups in total. The fourth-order valence-corrected chi connectivity index (χ4v) is 2.38. The number of amides is 1. The number of esters is 1. The largest absolute Gasteiger partial charge is 0.425 e. The van der Waals surface area contributed by atoms with Gasteiger partial charge in [-0.15, -0.1) is 0 Å². The summed E-state index contributed by atoms with van der Waals surface area (Å²) in [6, 6.07) is 13.4. The van der Waals surface area contributed by atoms with E-state index in [4.69, 9.17) is 4.74 Å². The standard InChI is InChI=1S/C18H15N3O4/c1-12(22)20-13-6-8-14(9-7-13)25-18(24)11-21-16-5-3-2-4-15(16)17(23)10-19-21/h2-10H,11H2,1H3,(H,20,22). The van der Waals surface area contributed by atoms with Crippen molar-refractivity contribution in [3.8, 4) is 5.75 Å². The number of carbonyl (C=O) groups excluding carboxylic acids is 2. The Labute approximate surface area is 142 Å². The van der Waals surface area contributed by atoms with Gasteiger partial charge in [0.05, 0.1) is 11.7 Å². The second-order valence-corrected chi connectivity index (χ2v) is 5.36. The van der Waals surface area contributed by atoms with Crippen LogP contribution in [-0.4, -0.2) is 21.7 Å². The molecule has 0 aliphatic carbocycles. The van der Waals surface area contributed by atoms with E-state index < -0.39 is 5.97 Å². The van der Waals surface area contributed by atoms with Crippen molar-refractivity contribution in [2.24, 2.45) is 0 Å². The molecule has 3 rings (SSSR count). The first-order chi connectivity index (χ1) is 12.0. The Morgan fingerprint density at radius 2 is 1.84 bits per heavy atom. The maximum Gasteiger partial charge on any atom is 0.333 e. The summed E-state index contributed by atoms with van der Waals surface area (Å²) < 4.78 is 6.69. The van der Waals surface area contributed by atoms with Crippen LogP contribution in [0.5, 0.6) is 5.75 Å². The summed E-state index contributed by atoms with van der Waals surface area (Å²) in [6.45, 7) is 1.28. The summed E-state index contributed by atoms with van der Waals surface area (Å²) in [5, 5.41) is 7.11. The van der Waals surface area contributed by atoms with Crippen LogP contribution in [0.2, 0.25) is 0 Å². The zero-order valence-electron chi connectivity index (χ0n) is 13.4. The lowest BCUT2D eigenvalue weighted by Crippen LogP contribution is -2.20. The van der Waals surface area contributed by atoms with E-state index in [0.717, 1.165) is 0 Å². The number of carbonyl (C=O) groups is 2. The van der Waals surface area contributed by atoms with Gasteiger partial charge in [-0.2, -0.15) is 5.10 Å². The van der Waals surface area contributed by atoms with Crippen molar-refractivity contribution in [3.05, 3.63) is 65.0 Å². The molecule has 1 aromatic heterocycles. The van der Waals surface area contributed by atoms with Crippen molar-refractivity contribution in [1.82, 2.24) is 9.78 Å². The lowest BCUT2D eigenvalue weighted by molar-refractivity contribution is -0.135. The molecule has 3 aromatic rings. The van der Waals surface area contributed by atoms with Crippen LogP contribution in [0, 0.1) is 0 Å². The normalized spacial score (nSPS) is 10.4. The molecule has 7 heteroatoms. The van der Waals surface area contributed by atoms with Crippen molar-refractivity contribution in [2.75, 3.05) is 5.32 Å². The summed E-state index contributed by atoms with van der Waals surface area (Å²) in [5.74, 6) is -0.348. The van der Waals surface area contributed by atoms with Gasteiger partial charge in [-0.3, -0.25) is 14.3 Å². The number of benzene rings is 2. The zero-order valence-corrected chi connectivity index (χ0v) is 13.4. The van der Waals surface area contributed by atoms with Crippen molar-refractivity contribution in [3.63, 3.8) is 0 Å². The third-order valence-corrected chi connectivity index (χ3v) is 3.45. The van der Waals surface area contributed by atoms with Crippen molar-refractivity contribution < 1.29 is 14.3 Å². The molecule has 0 spiro atoms. The number of hydrogen-bond donors (Lipinski definition) is 1. The monoisotopic (exact) mass is 337 g/mol. The van der Waals surface area contributed by atoms with Crippen molar-refractivity contribution in [1.29, 1.82) is 0 Å². The summed E-state index contributed by atoms with van der Waals surface area (Å²) in [7, 11) is 0. The van der Waals surface area contributed by atoms with Gasteiger partial charge in [-0.1, -0.05) is 12.1 Å². The molecule has 126 valence electrons. The van der Waals surface area contributed by atoms with Crippen LogP contribution in [0.25, 0.3) is 10.9 Å². The quantitative estimate of drug-likeness (QED) is 0.580. The number of fused-ring (bicyclic) bond motifs is 1. The topological polar surface area (TPSA) is 90.3 Å². The van der Waals surface area contributed by atoms with Crippen molar-refractivity contribution in [2.45, 2.75) is 13.5 Å². The summed E-state index contributed by atoms with van der Waals surface area (Å²) in [4.78, 5) is 34.9. The fourth-order valence-electron chi connectivity index (χ4n) is 2.38. The summed E-state index contributed by atoms with van der Waals surface area (Å²) >= 11 is 0. The van der Waals surface area contributed by atoms with Crippen LogP contribution < -0.4 is 15.5 Å². The van der Waals surface area contributed by atoms with E-state index >= 15 is 0 Å². The molecule has 0 bridgehead atoms. The van der Waals surface area contributed by atoms with E-state index in [9.17, 15) is 14.4 Å². The Hall–Kier alpha value is -3.48. The van der Waals surface area contributed by atoms with Gasteiger partial charge in [-0.25, -0.2) is 4.79 Å². The molecule has 25 heavy (non-hydrogen) atoms. The third kappa shape index (κ3) is 3.89. The van der Waals surface area contributed by atoms with Gasteiger partial charge in [0.1, 0.15) is 12.3 Å². The fraction of sp³-hybridized carbons (Fsp3) is 0.111. The maximum atomic E-state index is 12.1. The Balaban J connectivity index is 1.74. The minimum Gasteiger partial charge on any atom is -0.425 e. The number of hydrogen-bond acceptors (Lipinski definition) is 5. The first-order valence-corrected chi connectivity index (χ1v) is 7.56. The van der Waals surface area contributed by atoms with E-state index in [1.807, 2.05) is 0 Å². The molecule has 0 atom stereocenters. The Morgan fingerprint density at radius 1 is 1.12 bits per heavy atom. The van der Waals surface area contributed by atoms with Gasteiger partial charge < -0.3 is 10.1 Å². The molecular weight excluding hydrogens is 322 g/mol. The first kappa shape index (κ1) is 16.4. The van der Waals surface area contributed by atoms with Gasteiger partial charge in [0, 0.05) is 18.0 Å². The first-order valence-electron chi connectivity index (χ1n) is 7.56. The Morgan fingerprint density at radius 3 is 2.56 bits per heavy atom. The molecule has 0 unspecified atom stereocenters.